The summed E-state index contributed by atoms with van der Waals surface area (Å²) in [5.41, 5.74) is 7.76. The highest BCUT2D eigenvalue weighted by Gasteiger charge is 2.36. The van der Waals surface area contributed by atoms with E-state index in [1.165, 1.54) is 18.4 Å². The Bertz CT molecular complexity index is 317. The van der Waals surface area contributed by atoms with Crippen LogP contribution in [-0.2, 0) is 0 Å². The first kappa shape index (κ1) is 11.6. The van der Waals surface area contributed by atoms with Crippen LogP contribution in [-0.4, -0.2) is 19.6 Å². The van der Waals surface area contributed by atoms with E-state index in [4.69, 9.17) is 5.73 Å². The monoisotopic (exact) mass is 218 g/mol. The zero-order chi connectivity index (χ0) is 11.4. The van der Waals surface area contributed by atoms with Gasteiger partial charge in [0.1, 0.15) is 0 Å². The van der Waals surface area contributed by atoms with Crippen molar-refractivity contribution in [3.8, 4) is 0 Å². The standard InChI is InChI=1S/C14H22N2/c1-14(7-8-14)11-16-10-13(9-15)12-5-3-2-4-6-12/h2-6,13,16H,7-11,15H2,1H3. The molecule has 2 nitrogen and oxygen atoms in total. The average Bonchev–Trinajstić information content (AvgIpc) is 3.04. The third-order valence-electron chi connectivity index (χ3n) is 3.60. The van der Waals surface area contributed by atoms with Gasteiger partial charge in [0, 0.05) is 25.6 Å². The molecule has 0 saturated heterocycles. The van der Waals surface area contributed by atoms with Crippen molar-refractivity contribution >= 4 is 0 Å². The van der Waals surface area contributed by atoms with Crippen LogP contribution in [0.1, 0.15) is 31.2 Å². The number of hydrogen-bond donors (Lipinski definition) is 2. The molecule has 0 heterocycles. The van der Waals surface area contributed by atoms with Gasteiger partial charge in [-0.2, -0.15) is 0 Å². The highest BCUT2D eigenvalue weighted by Crippen LogP contribution is 2.44. The normalized spacial score (nSPS) is 19.4. The van der Waals surface area contributed by atoms with Crippen LogP contribution in [0.2, 0.25) is 0 Å². The minimum absolute atomic E-state index is 0.448. The first-order valence-electron chi connectivity index (χ1n) is 6.19. The van der Waals surface area contributed by atoms with E-state index in [-0.39, 0.29) is 0 Å². The van der Waals surface area contributed by atoms with E-state index in [1.807, 2.05) is 0 Å². The van der Waals surface area contributed by atoms with Gasteiger partial charge in [-0.3, -0.25) is 0 Å². The van der Waals surface area contributed by atoms with Crippen LogP contribution in [0, 0.1) is 5.41 Å². The summed E-state index contributed by atoms with van der Waals surface area (Å²) in [6.45, 7) is 5.19. The molecule has 0 aromatic heterocycles. The molecule has 1 saturated carbocycles. The van der Waals surface area contributed by atoms with Gasteiger partial charge in [0.25, 0.3) is 0 Å². The third-order valence-corrected chi connectivity index (χ3v) is 3.60. The van der Waals surface area contributed by atoms with E-state index in [0.29, 0.717) is 17.9 Å². The lowest BCUT2D eigenvalue weighted by Crippen LogP contribution is -2.30. The Kier molecular flexibility index (Phi) is 3.62. The summed E-state index contributed by atoms with van der Waals surface area (Å²) < 4.78 is 0. The first-order valence-corrected chi connectivity index (χ1v) is 6.19. The van der Waals surface area contributed by atoms with E-state index in [1.54, 1.807) is 0 Å². The van der Waals surface area contributed by atoms with Gasteiger partial charge < -0.3 is 11.1 Å². The van der Waals surface area contributed by atoms with Gasteiger partial charge in [0.05, 0.1) is 0 Å². The first-order chi connectivity index (χ1) is 7.73. The summed E-state index contributed by atoms with van der Waals surface area (Å²) in [5, 5.41) is 3.56. The molecule has 0 radical (unpaired) electrons. The third kappa shape index (κ3) is 3.06. The predicted octanol–water partition coefficient (Wildman–Crippen LogP) is 2.12. The molecule has 0 spiro atoms. The highest BCUT2D eigenvalue weighted by atomic mass is 14.9. The minimum Gasteiger partial charge on any atom is -0.330 e. The van der Waals surface area contributed by atoms with Crippen molar-refractivity contribution in [3.63, 3.8) is 0 Å². The maximum atomic E-state index is 5.83. The van der Waals surface area contributed by atoms with Crippen molar-refractivity contribution in [1.29, 1.82) is 0 Å². The molecule has 0 aliphatic heterocycles. The van der Waals surface area contributed by atoms with E-state index >= 15 is 0 Å². The lowest BCUT2D eigenvalue weighted by atomic mass is 9.99. The lowest BCUT2D eigenvalue weighted by molar-refractivity contribution is 0.479. The number of nitrogens with one attached hydrogen (secondary N) is 1. The van der Waals surface area contributed by atoms with Crippen molar-refractivity contribution < 1.29 is 0 Å². The van der Waals surface area contributed by atoms with Crippen LogP contribution < -0.4 is 11.1 Å². The van der Waals surface area contributed by atoms with Crippen LogP contribution in [0.4, 0.5) is 0 Å². The van der Waals surface area contributed by atoms with Gasteiger partial charge in [0.2, 0.25) is 0 Å². The Labute approximate surface area is 98.2 Å². The Balaban J connectivity index is 1.81. The number of rotatable bonds is 6. The topological polar surface area (TPSA) is 38.0 Å². The van der Waals surface area contributed by atoms with Gasteiger partial charge >= 0.3 is 0 Å². The largest absolute Gasteiger partial charge is 0.330 e. The molecule has 88 valence electrons. The number of hydrogen-bond acceptors (Lipinski definition) is 2. The molecule has 1 aliphatic rings. The molecule has 1 aromatic rings. The fraction of sp³-hybridized carbons (Fsp3) is 0.571. The molecule has 16 heavy (non-hydrogen) atoms. The molecule has 2 heteroatoms. The zero-order valence-corrected chi connectivity index (χ0v) is 10.1. The van der Waals surface area contributed by atoms with E-state index < -0.39 is 0 Å². The Hall–Kier alpha value is -0.860. The van der Waals surface area contributed by atoms with Crippen molar-refractivity contribution in [3.05, 3.63) is 35.9 Å². The second-order valence-corrected chi connectivity index (χ2v) is 5.28. The predicted molar refractivity (Wildman–Crippen MR) is 68.4 cm³/mol. The number of nitrogens with two attached hydrogens (primary N) is 1. The van der Waals surface area contributed by atoms with Crippen molar-refractivity contribution in [2.75, 3.05) is 19.6 Å². The van der Waals surface area contributed by atoms with Crippen LogP contribution in [0.15, 0.2) is 30.3 Å². The molecule has 1 atom stereocenters. The molecular weight excluding hydrogens is 196 g/mol. The molecule has 1 unspecified atom stereocenters. The summed E-state index contributed by atoms with van der Waals surface area (Å²) in [4.78, 5) is 0. The van der Waals surface area contributed by atoms with Crippen molar-refractivity contribution in [2.24, 2.45) is 11.1 Å². The van der Waals surface area contributed by atoms with Gasteiger partial charge in [-0.05, 0) is 23.8 Å². The quantitative estimate of drug-likeness (QED) is 0.767. The molecule has 0 bridgehead atoms. The molecule has 3 N–H and O–H groups in total. The number of benzene rings is 1. The summed E-state index contributed by atoms with van der Waals surface area (Å²) in [6.07, 6.45) is 2.75. The summed E-state index contributed by atoms with van der Waals surface area (Å²) in [5.74, 6) is 0.448. The van der Waals surface area contributed by atoms with E-state index in [9.17, 15) is 0 Å². The fourth-order valence-electron chi connectivity index (χ4n) is 2.00. The lowest BCUT2D eigenvalue weighted by Gasteiger charge is -2.17. The van der Waals surface area contributed by atoms with Crippen LogP contribution in [0.3, 0.4) is 0 Å². The van der Waals surface area contributed by atoms with Gasteiger partial charge in [0.15, 0.2) is 0 Å². The second-order valence-electron chi connectivity index (χ2n) is 5.28. The maximum Gasteiger partial charge on any atom is 0.00863 e. The smallest absolute Gasteiger partial charge is 0.00863 e. The Morgan fingerprint density at radius 2 is 2.00 bits per heavy atom. The second kappa shape index (κ2) is 4.98. The molecule has 2 rings (SSSR count). The van der Waals surface area contributed by atoms with Crippen molar-refractivity contribution in [2.45, 2.75) is 25.7 Å². The van der Waals surface area contributed by atoms with Crippen molar-refractivity contribution in [1.82, 2.24) is 5.32 Å². The summed E-state index contributed by atoms with van der Waals surface area (Å²) in [6, 6.07) is 10.5. The van der Waals surface area contributed by atoms with Gasteiger partial charge in [-0.1, -0.05) is 37.3 Å². The zero-order valence-electron chi connectivity index (χ0n) is 10.1. The van der Waals surface area contributed by atoms with E-state index in [0.717, 1.165) is 13.1 Å². The molecule has 1 aliphatic carbocycles. The van der Waals surface area contributed by atoms with Gasteiger partial charge in [-0.25, -0.2) is 0 Å². The minimum atomic E-state index is 0.448. The Morgan fingerprint density at radius 3 is 2.56 bits per heavy atom. The SMILES string of the molecule is CC1(CNCC(CN)c2ccccc2)CC1. The molecule has 0 amide bonds. The average molecular weight is 218 g/mol. The van der Waals surface area contributed by atoms with Crippen LogP contribution in [0.25, 0.3) is 0 Å². The Morgan fingerprint density at radius 1 is 1.31 bits per heavy atom. The summed E-state index contributed by atoms with van der Waals surface area (Å²) >= 11 is 0. The maximum absolute atomic E-state index is 5.83. The molecule has 1 aromatic carbocycles. The van der Waals surface area contributed by atoms with Crippen LogP contribution >= 0.6 is 0 Å². The molecule has 1 fully saturated rings. The summed E-state index contributed by atoms with van der Waals surface area (Å²) in [7, 11) is 0. The van der Waals surface area contributed by atoms with Gasteiger partial charge in [-0.15, -0.1) is 0 Å². The molecular formula is C14H22N2. The van der Waals surface area contributed by atoms with E-state index in [2.05, 4.69) is 42.6 Å². The van der Waals surface area contributed by atoms with Crippen LogP contribution in [0.5, 0.6) is 0 Å². The fourth-order valence-corrected chi connectivity index (χ4v) is 2.00. The highest BCUT2D eigenvalue weighted by molar-refractivity contribution is 5.20.